The number of hydrogen-bond donors (Lipinski definition) is 1. The molecule has 158 valence electrons. The number of nitrogens with zero attached hydrogens (tertiary/aromatic N) is 1. The van der Waals surface area contributed by atoms with Crippen molar-refractivity contribution < 1.29 is 13.2 Å². The third-order valence-corrected chi connectivity index (χ3v) is 6.55. The van der Waals surface area contributed by atoms with Crippen LogP contribution in [0.25, 0.3) is 0 Å². The normalized spacial score (nSPS) is 12.0. The molecular formula is C21H26Cl2N2O3S. The molecule has 0 spiro atoms. The number of nitrogens with one attached hydrogen (secondary N) is 1. The summed E-state index contributed by atoms with van der Waals surface area (Å²) in [6.07, 6.45) is 0. The highest BCUT2D eigenvalue weighted by atomic mass is 35.5. The minimum atomic E-state index is -3.62. The quantitative estimate of drug-likeness (QED) is 0.565. The number of carbonyl (C=O) groups excluding carboxylic acids is 1. The first kappa shape index (κ1) is 23.7. The Hall–Kier alpha value is -1.60. The Bertz CT molecular complexity index is 928. The van der Waals surface area contributed by atoms with E-state index in [4.69, 9.17) is 23.2 Å². The Morgan fingerprint density at radius 2 is 1.41 bits per heavy atom. The van der Waals surface area contributed by atoms with Gasteiger partial charge in [0.1, 0.15) is 0 Å². The maximum absolute atomic E-state index is 13.1. The van der Waals surface area contributed by atoms with E-state index < -0.39 is 15.9 Å². The van der Waals surface area contributed by atoms with Crippen LogP contribution in [0, 0.1) is 11.8 Å². The van der Waals surface area contributed by atoms with Gasteiger partial charge in [-0.25, -0.2) is 8.42 Å². The number of hydrogen-bond acceptors (Lipinski definition) is 3. The van der Waals surface area contributed by atoms with E-state index in [-0.39, 0.29) is 32.3 Å². The molecule has 0 aromatic heterocycles. The van der Waals surface area contributed by atoms with Crippen molar-refractivity contribution in [2.45, 2.75) is 32.6 Å². The lowest BCUT2D eigenvalue weighted by Gasteiger charge is -2.25. The van der Waals surface area contributed by atoms with Crippen molar-refractivity contribution in [3.05, 3.63) is 58.1 Å². The molecule has 0 fully saturated rings. The van der Waals surface area contributed by atoms with Gasteiger partial charge in [-0.3, -0.25) is 4.79 Å². The summed E-state index contributed by atoms with van der Waals surface area (Å²) < 4.78 is 27.6. The van der Waals surface area contributed by atoms with E-state index in [0.29, 0.717) is 18.8 Å². The van der Waals surface area contributed by atoms with Gasteiger partial charge in [0.05, 0.1) is 20.5 Å². The van der Waals surface area contributed by atoms with Gasteiger partial charge in [-0.05, 0) is 48.2 Å². The van der Waals surface area contributed by atoms with Crippen LogP contribution in [-0.2, 0) is 10.0 Å². The largest absolute Gasteiger partial charge is 0.322 e. The van der Waals surface area contributed by atoms with Crippen LogP contribution in [0.1, 0.15) is 38.1 Å². The first-order valence-corrected chi connectivity index (χ1v) is 11.6. The van der Waals surface area contributed by atoms with Crippen LogP contribution in [0.4, 0.5) is 5.69 Å². The fourth-order valence-electron chi connectivity index (χ4n) is 2.85. The molecular weight excluding hydrogens is 431 g/mol. The monoisotopic (exact) mass is 456 g/mol. The second-order valence-electron chi connectivity index (χ2n) is 7.68. The van der Waals surface area contributed by atoms with Crippen LogP contribution in [0.3, 0.4) is 0 Å². The summed E-state index contributed by atoms with van der Waals surface area (Å²) in [7, 11) is -3.62. The molecule has 2 aromatic carbocycles. The van der Waals surface area contributed by atoms with E-state index in [1.165, 1.54) is 16.4 Å². The molecule has 0 heterocycles. The Kier molecular flexibility index (Phi) is 8.11. The van der Waals surface area contributed by atoms with Crippen LogP contribution in [0.15, 0.2) is 47.4 Å². The second kappa shape index (κ2) is 9.94. The molecule has 2 aromatic rings. The Morgan fingerprint density at radius 1 is 0.931 bits per heavy atom. The Morgan fingerprint density at radius 3 is 1.86 bits per heavy atom. The van der Waals surface area contributed by atoms with Gasteiger partial charge >= 0.3 is 0 Å². The molecule has 0 atom stereocenters. The molecule has 0 bridgehead atoms. The summed E-state index contributed by atoms with van der Waals surface area (Å²) in [5, 5.41) is 3.18. The predicted molar refractivity (Wildman–Crippen MR) is 119 cm³/mol. The minimum Gasteiger partial charge on any atom is -0.322 e. The lowest BCUT2D eigenvalue weighted by Crippen LogP contribution is -2.37. The molecule has 0 unspecified atom stereocenters. The van der Waals surface area contributed by atoms with E-state index in [9.17, 15) is 13.2 Å². The summed E-state index contributed by atoms with van der Waals surface area (Å²) in [5.41, 5.74) is 0.622. The van der Waals surface area contributed by atoms with Crippen molar-refractivity contribution in [3.63, 3.8) is 0 Å². The van der Waals surface area contributed by atoms with E-state index >= 15 is 0 Å². The zero-order chi connectivity index (χ0) is 21.8. The van der Waals surface area contributed by atoms with Crippen molar-refractivity contribution in [1.29, 1.82) is 0 Å². The number of benzene rings is 2. The van der Waals surface area contributed by atoms with E-state index in [0.717, 1.165) is 0 Å². The van der Waals surface area contributed by atoms with Crippen LogP contribution < -0.4 is 5.32 Å². The van der Waals surface area contributed by atoms with Gasteiger partial charge < -0.3 is 5.32 Å². The molecule has 0 aliphatic rings. The van der Waals surface area contributed by atoms with E-state index in [1.54, 1.807) is 30.3 Å². The fourth-order valence-corrected chi connectivity index (χ4v) is 5.19. The molecule has 0 radical (unpaired) electrons. The van der Waals surface area contributed by atoms with E-state index in [2.05, 4.69) is 5.32 Å². The summed E-state index contributed by atoms with van der Waals surface area (Å²) in [6, 6.07) is 10.9. The Balaban J connectivity index is 2.23. The lowest BCUT2D eigenvalue weighted by atomic mass is 10.2. The Labute approximate surface area is 183 Å². The molecule has 29 heavy (non-hydrogen) atoms. The van der Waals surface area contributed by atoms with Gasteiger partial charge in [-0.15, -0.1) is 0 Å². The summed E-state index contributed by atoms with van der Waals surface area (Å²) in [6.45, 7) is 8.85. The average molecular weight is 457 g/mol. The SMILES string of the molecule is CC(C)CN(CC(C)C)S(=O)(=O)c1ccc(NC(=O)c2c(Cl)cccc2Cl)cc1. The van der Waals surface area contributed by atoms with Crippen LogP contribution in [0.2, 0.25) is 10.0 Å². The van der Waals surface area contributed by atoms with Gasteiger partial charge in [-0.1, -0.05) is 57.0 Å². The summed E-state index contributed by atoms with van der Waals surface area (Å²) in [5.74, 6) is -0.0395. The van der Waals surface area contributed by atoms with Crippen molar-refractivity contribution in [2.75, 3.05) is 18.4 Å². The molecule has 5 nitrogen and oxygen atoms in total. The number of rotatable bonds is 8. The van der Waals surface area contributed by atoms with Crippen LogP contribution in [-0.4, -0.2) is 31.7 Å². The molecule has 2 rings (SSSR count). The van der Waals surface area contributed by atoms with Crippen LogP contribution in [0.5, 0.6) is 0 Å². The number of carbonyl (C=O) groups is 1. The van der Waals surface area contributed by atoms with Crippen LogP contribution >= 0.6 is 23.2 Å². The van der Waals surface area contributed by atoms with Gasteiger partial charge in [0, 0.05) is 18.8 Å². The van der Waals surface area contributed by atoms with Crippen molar-refractivity contribution in [3.8, 4) is 0 Å². The fraction of sp³-hybridized carbons (Fsp3) is 0.381. The van der Waals surface area contributed by atoms with Gasteiger partial charge in [-0.2, -0.15) is 4.31 Å². The smallest absolute Gasteiger partial charge is 0.258 e. The average Bonchev–Trinajstić information content (AvgIpc) is 2.60. The zero-order valence-electron chi connectivity index (χ0n) is 16.9. The summed E-state index contributed by atoms with van der Waals surface area (Å²) >= 11 is 12.1. The van der Waals surface area contributed by atoms with Crippen molar-refractivity contribution in [1.82, 2.24) is 4.31 Å². The third kappa shape index (κ3) is 6.19. The molecule has 8 heteroatoms. The third-order valence-electron chi connectivity index (χ3n) is 4.08. The van der Waals surface area contributed by atoms with Crippen molar-refractivity contribution in [2.24, 2.45) is 11.8 Å². The molecule has 1 amide bonds. The van der Waals surface area contributed by atoms with Gasteiger partial charge in [0.15, 0.2) is 0 Å². The zero-order valence-corrected chi connectivity index (χ0v) is 19.3. The highest BCUT2D eigenvalue weighted by Gasteiger charge is 2.26. The standard InChI is InChI=1S/C21H26Cl2N2O3S/c1-14(2)12-25(13-15(3)4)29(27,28)17-10-8-16(9-11-17)24-21(26)20-18(22)6-5-7-19(20)23/h5-11,14-15H,12-13H2,1-4H3,(H,24,26). The van der Waals surface area contributed by atoms with Gasteiger partial charge in [0.25, 0.3) is 5.91 Å². The maximum Gasteiger partial charge on any atom is 0.258 e. The maximum atomic E-state index is 13.1. The topological polar surface area (TPSA) is 66.5 Å². The van der Waals surface area contributed by atoms with Crippen molar-refractivity contribution >= 4 is 44.8 Å². The highest BCUT2D eigenvalue weighted by molar-refractivity contribution is 7.89. The number of sulfonamides is 1. The molecule has 0 saturated heterocycles. The number of halogens is 2. The molecule has 0 saturated carbocycles. The minimum absolute atomic E-state index is 0.174. The first-order chi connectivity index (χ1) is 13.5. The summed E-state index contributed by atoms with van der Waals surface area (Å²) in [4.78, 5) is 12.7. The first-order valence-electron chi connectivity index (χ1n) is 9.38. The number of amides is 1. The van der Waals surface area contributed by atoms with E-state index in [1.807, 2.05) is 27.7 Å². The second-order valence-corrected chi connectivity index (χ2v) is 10.4. The molecule has 0 aliphatic carbocycles. The van der Waals surface area contributed by atoms with Gasteiger partial charge in [0.2, 0.25) is 10.0 Å². The lowest BCUT2D eigenvalue weighted by molar-refractivity contribution is 0.102. The molecule has 1 N–H and O–H groups in total. The molecule has 0 aliphatic heterocycles. The number of anilines is 1. The predicted octanol–water partition coefficient (Wildman–Crippen LogP) is 5.55. The highest BCUT2D eigenvalue weighted by Crippen LogP contribution is 2.26.